The molecule has 0 saturated carbocycles. The number of rotatable bonds is 2. The van der Waals surface area contributed by atoms with Crippen molar-refractivity contribution in [3.63, 3.8) is 0 Å². The number of fused-ring (bicyclic) bond motifs is 1. The molecular formula is C14H9BrCl3N3. The quantitative estimate of drug-likeness (QED) is 0.505. The van der Waals surface area contributed by atoms with Gasteiger partial charge in [0.1, 0.15) is 11.3 Å². The van der Waals surface area contributed by atoms with Crippen LogP contribution in [0.4, 0.5) is 0 Å². The zero-order chi connectivity index (χ0) is 15.1. The molecule has 0 bridgehead atoms. The van der Waals surface area contributed by atoms with Crippen molar-refractivity contribution in [3.8, 4) is 5.69 Å². The molecule has 1 unspecified atom stereocenters. The van der Waals surface area contributed by atoms with E-state index in [4.69, 9.17) is 34.8 Å². The highest BCUT2D eigenvalue weighted by Gasteiger charge is 2.19. The number of halogens is 4. The van der Waals surface area contributed by atoms with E-state index in [1.165, 1.54) is 0 Å². The van der Waals surface area contributed by atoms with Crippen molar-refractivity contribution in [1.29, 1.82) is 0 Å². The first-order valence-electron chi connectivity index (χ1n) is 6.11. The summed E-state index contributed by atoms with van der Waals surface area (Å²) in [6.07, 6.45) is 1.71. The second kappa shape index (κ2) is 5.76. The molecule has 3 aromatic rings. The Bertz CT molecular complexity index is 830. The molecule has 2 heterocycles. The molecule has 1 aromatic carbocycles. The van der Waals surface area contributed by atoms with Gasteiger partial charge in [-0.2, -0.15) is 0 Å². The summed E-state index contributed by atoms with van der Waals surface area (Å²) in [6, 6.07) is 7.14. The number of imidazole rings is 1. The first-order chi connectivity index (χ1) is 9.97. The van der Waals surface area contributed by atoms with Gasteiger partial charge in [-0.3, -0.25) is 4.57 Å². The molecule has 0 fully saturated rings. The van der Waals surface area contributed by atoms with Crippen LogP contribution in [-0.4, -0.2) is 14.5 Å². The van der Waals surface area contributed by atoms with Crippen molar-refractivity contribution in [2.75, 3.05) is 0 Å². The molecular weight excluding hydrogens is 396 g/mol. The molecule has 0 N–H and O–H groups in total. The van der Waals surface area contributed by atoms with Crippen LogP contribution in [0.15, 0.2) is 34.9 Å². The third kappa shape index (κ3) is 2.78. The zero-order valence-electron chi connectivity index (χ0n) is 10.8. The predicted molar refractivity (Wildman–Crippen MR) is 90.9 cm³/mol. The van der Waals surface area contributed by atoms with E-state index in [9.17, 15) is 0 Å². The second-order valence-electron chi connectivity index (χ2n) is 4.51. The van der Waals surface area contributed by atoms with E-state index in [0.29, 0.717) is 27.2 Å². The molecule has 21 heavy (non-hydrogen) atoms. The molecule has 3 nitrogen and oxygen atoms in total. The van der Waals surface area contributed by atoms with Gasteiger partial charge in [-0.1, -0.05) is 23.2 Å². The van der Waals surface area contributed by atoms with Crippen molar-refractivity contribution in [2.24, 2.45) is 0 Å². The smallest absolute Gasteiger partial charge is 0.164 e. The number of hydrogen-bond acceptors (Lipinski definition) is 2. The summed E-state index contributed by atoms with van der Waals surface area (Å²) in [5, 5.41) is 0.844. The van der Waals surface area contributed by atoms with E-state index in [-0.39, 0.29) is 5.38 Å². The van der Waals surface area contributed by atoms with Gasteiger partial charge >= 0.3 is 0 Å². The molecule has 1 atom stereocenters. The Hall–Kier alpha value is -0.810. The number of aromatic nitrogens is 3. The number of hydrogen-bond donors (Lipinski definition) is 0. The summed E-state index contributed by atoms with van der Waals surface area (Å²) in [7, 11) is 0. The third-order valence-electron chi connectivity index (χ3n) is 2.99. The first-order valence-corrected chi connectivity index (χ1v) is 8.09. The minimum atomic E-state index is -0.298. The summed E-state index contributed by atoms with van der Waals surface area (Å²) < 4.78 is 2.69. The molecule has 0 radical (unpaired) electrons. The number of nitrogens with zero attached hydrogens (tertiary/aromatic N) is 3. The minimum Gasteiger partial charge on any atom is -0.278 e. The van der Waals surface area contributed by atoms with Crippen LogP contribution in [0.1, 0.15) is 18.1 Å². The highest BCUT2D eigenvalue weighted by molar-refractivity contribution is 9.10. The molecule has 0 amide bonds. The molecule has 2 aromatic heterocycles. The van der Waals surface area contributed by atoms with E-state index >= 15 is 0 Å². The Kier molecular flexibility index (Phi) is 4.14. The molecule has 0 aliphatic heterocycles. The topological polar surface area (TPSA) is 30.7 Å². The lowest BCUT2D eigenvalue weighted by Crippen LogP contribution is -2.03. The fraction of sp³-hybridized carbons (Fsp3) is 0.143. The average Bonchev–Trinajstić information content (AvgIpc) is 2.80. The molecule has 108 valence electrons. The lowest BCUT2D eigenvalue weighted by molar-refractivity contribution is 0.877. The maximum atomic E-state index is 6.31. The van der Waals surface area contributed by atoms with Crippen LogP contribution in [-0.2, 0) is 0 Å². The normalized spacial score (nSPS) is 12.8. The van der Waals surface area contributed by atoms with E-state index in [2.05, 4.69) is 25.9 Å². The van der Waals surface area contributed by atoms with Crippen LogP contribution < -0.4 is 0 Å². The van der Waals surface area contributed by atoms with Crippen LogP contribution >= 0.6 is 50.7 Å². The van der Waals surface area contributed by atoms with E-state index in [1.54, 1.807) is 24.4 Å². The first kappa shape index (κ1) is 15.1. The number of alkyl halides is 1. The van der Waals surface area contributed by atoms with Crippen molar-refractivity contribution >= 4 is 61.9 Å². The van der Waals surface area contributed by atoms with Gasteiger partial charge in [0.15, 0.2) is 5.65 Å². The highest BCUT2D eigenvalue weighted by Crippen LogP contribution is 2.32. The molecule has 3 rings (SSSR count). The van der Waals surface area contributed by atoms with Crippen LogP contribution in [0.5, 0.6) is 0 Å². The van der Waals surface area contributed by atoms with Crippen LogP contribution in [0, 0.1) is 0 Å². The van der Waals surface area contributed by atoms with Gasteiger partial charge in [0.05, 0.1) is 16.1 Å². The lowest BCUT2D eigenvalue weighted by atomic mass is 10.3. The van der Waals surface area contributed by atoms with Gasteiger partial charge in [0.2, 0.25) is 0 Å². The SMILES string of the molecule is CC(Cl)c1nc2cc(Br)cnc2n1-c1cc(Cl)ccc1Cl. The van der Waals surface area contributed by atoms with Crippen LogP contribution in [0.25, 0.3) is 16.9 Å². The molecule has 7 heteroatoms. The molecule has 0 aliphatic carbocycles. The van der Waals surface area contributed by atoms with Gasteiger partial charge < -0.3 is 0 Å². The fourth-order valence-corrected chi connectivity index (χ4v) is 2.95. The van der Waals surface area contributed by atoms with Crippen molar-refractivity contribution < 1.29 is 0 Å². The predicted octanol–water partition coefficient (Wildman–Crippen LogP) is 5.79. The van der Waals surface area contributed by atoms with Gasteiger partial charge in [0.25, 0.3) is 0 Å². The Morgan fingerprint density at radius 1 is 1.24 bits per heavy atom. The number of benzene rings is 1. The van der Waals surface area contributed by atoms with E-state index < -0.39 is 0 Å². The summed E-state index contributed by atoms with van der Waals surface area (Å²) in [4.78, 5) is 8.98. The third-order valence-corrected chi connectivity index (χ3v) is 4.18. The Morgan fingerprint density at radius 3 is 2.71 bits per heavy atom. The second-order valence-corrected chi connectivity index (χ2v) is 6.93. The van der Waals surface area contributed by atoms with Crippen molar-refractivity contribution in [1.82, 2.24) is 14.5 Å². The maximum Gasteiger partial charge on any atom is 0.164 e. The van der Waals surface area contributed by atoms with Gasteiger partial charge in [-0.15, -0.1) is 11.6 Å². The summed E-state index contributed by atoms with van der Waals surface area (Å²) in [5.74, 6) is 0.668. The van der Waals surface area contributed by atoms with E-state index in [0.717, 1.165) is 9.99 Å². The Labute approximate surface area is 145 Å². The minimum absolute atomic E-state index is 0.298. The highest BCUT2D eigenvalue weighted by atomic mass is 79.9. The molecule has 0 spiro atoms. The maximum absolute atomic E-state index is 6.31. The zero-order valence-corrected chi connectivity index (χ0v) is 14.7. The van der Waals surface area contributed by atoms with Gasteiger partial charge in [0, 0.05) is 15.7 Å². The Morgan fingerprint density at radius 2 is 2.00 bits per heavy atom. The van der Waals surface area contributed by atoms with Crippen molar-refractivity contribution in [3.05, 3.63) is 50.8 Å². The van der Waals surface area contributed by atoms with Crippen LogP contribution in [0.3, 0.4) is 0 Å². The molecule has 0 aliphatic rings. The fourth-order valence-electron chi connectivity index (χ4n) is 2.12. The molecule has 0 saturated heterocycles. The average molecular weight is 406 g/mol. The monoisotopic (exact) mass is 403 g/mol. The summed E-state index contributed by atoms with van der Waals surface area (Å²) >= 11 is 22.1. The van der Waals surface area contributed by atoms with E-state index in [1.807, 2.05) is 17.6 Å². The Balaban J connectivity index is 2.39. The van der Waals surface area contributed by atoms with Gasteiger partial charge in [-0.25, -0.2) is 9.97 Å². The number of pyridine rings is 1. The van der Waals surface area contributed by atoms with Crippen molar-refractivity contribution in [2.45, 2.75) is 12.3 Å². The summed E-state index contributed by atoms with van der Waals surface area (Å²) in [6.45, 7) is 1.85. The largest absolute Gasteiger partial charge is 0.278 e. The van der Waals surface area contributed by atoms with Gasteiger partial charge in [-0.05, 0) is 47.1 Å². The van der Waals surface area contributed by atoms with Crippen LogP contribution in [0.2, 0.25) is 10.0 Å². The summed E-state index contributed by atoms with van der Waals surface area (Å²) in [5.41, 5.74) is 2.14. The standard InChI is InChI=1S/C14H9BrCl3N3/c1-7(16)13-20-11-4-8(15)6-19-14(11)21(13)12-5-9(17)2-3-10(12)18/h2-7H,1H3. The lowest BCUT2D eigenvalue weighted by Gasteiger charge is -2.12.